The number of hydrogen-bond acceptors (Lipinski definition) is 6. The van der Waals surface area contributed by atoms with E-state index in [4.69, 9.17) is 9.72 Å². The molecule has 1 saturated carbocycles. The van der Waals surface area contributed by atoms with Crippen LogP contribution in [-0.4, -0.2) is 71.0 Å². The Labute approximate surface area is 257 Å². The third-order valence-electron chi connectivity index (χ3n) is 8.88. The van der Waals surface area contributed by atoms with E-state index in [9.17, 15) is 9.59 Å². The number of hydrogen-bond donors (Lipinski definition) is 1. The first-order chi connectivity index (χ1) is 20.7. The SMILES string of the molecule is C[C@H](NC(=O)c1c(CN2CCN(CCC(=O)OC(C)(C)C)CC2)c(-c2ccccc2)nc2ccccc12)C1CCCCC1. The van der Waals surface area contributed by atoms with E-state index in [2.05, 4.69) is 34.2 Å². The highest BCUT2D eigenvalue weighted by Gasteiger charge is 2.28. The molecule has 2 aliphatic rings. The number of carbonyl (C=O) groups excluding carboxylic acids is 2. The fraction of sp³-hybridized carbons (Fsp3) is 0.528. The van der Waals surface area contributed by atoms with Gasteiger partial charge in [-0.3, -0.25) is 14.5 Å². The number of aromatic nitrogens is 1. The number of piperazine rings is 1. The van der Waals surface area contributed by atoms with Crippen molar-refractivity contribution in [3.63, 3.8) is 0 Å². The zero-order valence-corrected chi connectivity index (χ0v) is 26.4. The lowest BCUT2D eigenvalue weighted by molar-refractivity contribution is -0.155. The summed E-state index contributed by atoms with van der Waals surface area (Å²) in [5.74, 6) is 0.374. The predicted octanol–water partition coefficient (Wildman–Crippen LogP) is 6.45. The maximum Gasteiger partial charge on any atom is 0.307 e. The van der Waals surface area contributed by atoms with Gasteiger partial charge in [0.2, 0.25) is 0 Å². The molecule has 0 spiro atoms. The van der Waals surface area contributed by atoms with Gasteiger partial charge in [0.15, 0.2) is 0 Å². The molecule has 0 bridgehead atoms. The quantitative estimate of drug-likeness (QED) is 0.292. The molecule has 7 nitrogen and oxygen atoms in total. The predicted molar refractivity (Wildman–Crippen MR) is 173 cm³/mol. The first kappa shape index (κ1) is 31.1. The number of nitrogens with zero attached hydrogens (tertiary/aromatic N) is 3. The zero-order valence-electron chi connectivity index (χ0n) is 26.4. The van der Waals surface area contributed by atoms with Crippen molar-refractivity contribution in [3.8, 4) is 11.3 Å². The van der Waals surface area contributed by atoms with Crippen molar-refractivity contribution >= 4 is 22.8 Å². The van der Waals surface area contributed by atoms with E-state index < -0.39 is 5.60 Å². The van der Waals surface area contributed by atoms with Gasteiger partial charge in [-0.05, 0) is 52.5 Å². The topological polar surface area (TPSA) is 74.8 Å². The van der Waals surface area contributed by atoms with E-state index in [0.717, 1.165) is 59.5 Å². The Hall–Kier alpha value is -3.29. The first-order valence-corrected chi connectivity index (χ1v) is 16.1. The minimum absolute atomic E-state index is 0.000138. The smallest absolute Gasteiger partial charge is 0.307 e. The summed E-state index contributed by atoms with van der Waals surface area (Å²) >= 11 is 0. The van der Waals surface area contributed by atoms with E-state index in [1.54, 1.807) is 0 Å². The van der Waals surface area contributed by atoms with Gasteiger partial charge in [-0.2, -0.15) is 0 Å². The Morgan fingerprint density at radius 2 is 1.58 bits per heavy atom. The van der Waals surface area contributed by atoms with Gasteiger partial charge in [-0.1, -0.05) is 67.8 Å². The fourth-order valence-corrected chi connectivity index (χ4v) is 6.57. The molecule has 43 heavy (non-hydrogen) atoms. The van der Waals surface area contributed by atoms with Gasteiger partial charge >= 0.3 is 5.97 Å². The number of rotatable bonds is 9. The van der Waals surface area contributed by atoms with E-state index in [1.807, 2.05) is 63.2 Å². The van der Waals surface area contributed by atoms with E-state index in [1.165, 1.54) is 32.1 Å². The van der Waals surface area contributed by atoms with Crippen LogP contribution in [0.5, 0.6) is 0 Å². The summed E-state index contributed by atoms with van der Waals surface area (Å²) in [6, 6.07) is 18.4. The second-order valence-corrected chi connectivity index (χ2v) is 13.3. The number of pyridine rings is 1. The maximum atomic E-state index is 14.2. The third-order valence-corrected chi connectivity index (χ3v) is 8.88. The van der Waals surface area contributed by atoms with Crippen LogP contribution in [0.25, 0.3) is 22.2 Å². The summed E-state index contributed by atoms with van der Waals surface area (Å²) in [6.07, 6.45) is 6.54. The average Bonchev–Trinajstić information content (AvgIpc) is 3.00. The van der Waals surface area contributed by atoms with E-state index in [-0.39, 0.29) is 17.9 Å². The highest BCUT2D eigenvalue weighted by molar-refractivity contribution is 6.09. The Balaban J connectivity index is 1.40. The van der Waals surface area contributed by atoms with Crippen LogP contribution in [-0.2, 0) is 16.1 Å². The molecule has 5 rings (SSSR count). The molecule has 1 atom stereocenters. The number of para-hydroxylation sites is 1. The minimum atomic E-state index is -0.460. The van der Waals surface area contributed by atoms with Crippen molar-refractivity contribution in [1.82, 2.24) is 20.1 Å². The molecule has 1 aromatic heterocycles. The lowest BCUT2D eigenvalue weighted by atomic mass is 9.84. The Bertz CT molecular complexity index is 1390. The Morgan fingerprint density at radius 3 is 2.28 bits per heavy atom. The van der Waals surface area contributed by atoms with Gasteiger partial charge in [-0.15, -0.1) is 0 Å². The standard InChI is InChI=1S/C36H48N4O3/c1-26(27-13-7-5-8-14-27)37-35(42)33-29-17-11-12-18-31(29)38-34(28-15-9-6-10-16-28)30(33)25-40-23-21-39(22-24-40)20-19-32(41)43-36(2,3)4/h6,9-12,15-18,26-27H,5,7-8,13-14,19-25H2,1-4H3,(H,37,42)/t26-/m0/s1. The number of ether oxygens (including phenoxy) is 1. The summed E-state index contributed by atoms with van der Waals surface area (Å²) in [5.41, 5.74) is 4.02. The fourth-order valence-electron chi connectivity index (χ4n) is 6.57. The number of benzene rings is 2. The van der Waals surface area contributed by atoms with Crippen LogP contribution in [0.15, 0.2) is 54.6 Å². The monoisotopic (exact) mass is 584 g/mol. The number of carbonyl (C=O) groups is 2. The molecule has 2 heterocycles. The van der Waals surface area contributed by atoms with Gasteiger partial charge in [0.05, 0.1) is 23.2 Å². The number of amides is 1. The van der Waals surface area contributed by atoms with Crippen LogP contribution in [0.3, 0.4) is 0 Å². The molecular weight excluding hydrogens is 536 g/mol. The third kappa shape index (κ3) is 8.21. The van der Waals surface area contributed by atoms with Crippen molar-refractivity contribution in [3.05, 3.63) is 65.7 Å². The molecule has 2 fully saturated rings. The minimum Gasteiger partial charge on any atom is -0.460 e. The molecular formula is C36H48N4O3. The summed E-state index contributed by atoms with van der Waals surface area (Å²) in [5, 5.41) is 4.33. The van der Waals surface area contributed by atoms with E-state index in [0.29, 0.717) is 25.4 Å². The van der Waals surface area contributed by atoms with Gasteiger partial charge in [0.25, 0.3) is 5.91 Å². The van der Waals surface area contributed by atoms with Crippen molar-refractivity contribution in [1.29, 1.82) is 0 Å². The van der Waals surface area contributed by atoms with Crippen molar-refractivity contribution in [2.75, 3.05) is 32.7 Å². The maximum absolute atomic E-state index is 14.2. The van der Waals surface area contributed by atoms with Gasteiger partial charge < -0.3 is 15.0 Å². The first-order valence-electron chi connectivity index (χ1n) is 16.1. The average molecular weight is 585 g/mol. The second-order valence-electron chi connectivity index (χ2n) is 13.3. The summed E-state index contributed by atoms with van der Waals surface area (Å²) in [7, 11) is 0. The van der Waals surface area contributed by atoms with Gasteiger partial charge in [0, 0.05) is 61.8 Å². The molecule has 7 heteroatoms. The van der Waals surface area contributed by atoms with Crippen LogP contribution >= 0.6 is 0 Å². The van der Waals surface area contributed by atoms with Crippen molar-refractivity contribution < 1.29 is 14.3 Å². The molecule has 2 aromatic carbocycles. The number of esters is 1. The lowest BCUT2D eigenvalue weighted by Gasteiger charge is -2.35. The van der Waals surface area contributed by atoms with Crippen LogP contribution in [0.2, 0.25) is 0 Å². The molecule has 0 unspecified atom stereocenters. The van der Waals surface area contributed by atoms with Crippen LogP contribution < -0.4 is 5.32 Å². The van der Waals surface area contributed by atoms with Crippen LogP contribution in [0.1, 0.15) is 82.1 Å². The largest absolute Gasteiger partial charge is 0.460 e. The van der Waals surface area contributed by atoms with Gasteiger partial charge in [0.1, 0.15) is 5.60 Å². The van der Waals surface area contributed by atoms with Crippen molar-refractivity contribution in [2.24, 2.45) is 5.92 Å². The molecule has 0 radical (unpaired) electrons. The normalized spacial score (nSPS) is 18.0. The molecule has 3 aromatic rings. The summed E-state index contributed by atoms with van der Waals surface area (Å²) < 4.78 is 5.50. The second kappa shape index (κ2) is 14.0. The zero-order chi connectivity index (χ0) is 30.4. The van der Waals surface area contributed by atoms with Crippen LogP contribution in [0.4, 0.5) is 0 Å². The summed E-state index contributed by atoms with van der Waals surface area (Å²) in [6.45, 7) is 12.7. The highest BCUT2D eigenvalue weighted by atomic mass is 16.6. The molecule has 1 aliphatic carbocycles. The molecule has 1 saturated heterocycles. The van der Waals surface area contributed by atoms with Crippen molar-refractivity contribution in [2.45, 2.75) is 84.4 Å². The number of nitrogens with one attached hydrogen (secondary N) is 1. The summed E-state index contributed by atoms with van der Waals surface area (Å²) in [4.78, 5) is 36.4. The Kier molecular flexibility index (Phi) is 10.1. The van der Waals surface area contributed by atoms with E-state index >= 15 is 0 Å². The molecule has 230 valence electrons. The Morgan fingerprint density at radius 1 is 0.930 bits per heavy atom. The highest BCUT2D eigenvalue weighted by Crippen LogP contribution is 2.33. The van der Waals surface area contributed by atoms with Gasteiger partial charge in [-0.25, -0.2) is 4.98 Å². The van der Waals surface area contributed by atoms with Crippen LogP contribution in [0, 0.1) is 5.92 Å². The molecule has 1 N–H and O–H groups in total. The molecule has 1 amide bonds. The number of fused-ring (bicyclic) bond motifs is 1. The lowest BCUT2D eigenvalue weighted by Crippen LogP contribution is -2.47. The molecule has 1 aliphatic heterocycles.